The largest absolute Gasteiger partial charge is 0.478 e. The number of aromatic nitrogens is 3. The van der Waals surface area contributed by atoms with Gasteiger partial charge in [0.1, 0.15) is 11.6 Å². The van der Waals surface area contributed by atoms with Crippen molar-refractivity contribution in [3.63, 3.8) is 0 Å². The van der Waals surface area contributed by atoms with Crippen LogP contribution in [-0.2, 0) is 0 Å². The van der Waals surface area contributed by atoms with Gasteiger partial charge in [-0.2, -0.15) is 4.98 Å². The van der Waals surface area contributed by atoms with Crippen LogP contribution in [-0.4, -0.2) is 34.1 Å². The summed E-state index contributed by atoms with van der Waals surface area (Å²) >= 11 is 0. The summed E-state index contributed by atoms with van der Waals surface area (Å²) in [6, 6.07) is 4.42. The molecular weight excluding hydrogens is 462 g/mol. The Morgan fingerprint density at radius 3 is 2.54 bits per heavy atom. The maximum Gasteiger partial charge on any atom is 0.224 e. The van der Waals surface area contributed by atoms with Crippen molar-refractivity contribution in [2.24, 2.45) is 17.8 Å². The molecule has 2 atom stereocenters. The van der Waals surface area contributed by atoms with Crippen LogP contribution < -0.4 is 15.4 Å². The fourth-order valence-corrected chi connectivity index (χ4v) is 5.08. The third kappa shape index (κ3) is 5.66. The monoisotopic (exact) mass is 499 g/mol. The summed E-state index contributed by atoms with van der Waals surface area (Å²) in [5.74, 6) is 5.16. The number of anilines is 2. The Kier molecular flexibility index (Phi) is 7.74. The van der Waals surface area contributed by atoms with E-state index >= 15 is 0 Å². The van der Waals surface area contributed by atoms with Gasteiger partial charge in [-0.15, -0.1) is 12.4 Å². The number of ether oxygens (including phenoxy) is 1. The third-order valence-corrected chi connectivity index (χ3v) is 7.28. The first-order valence-corrected chi connectivity index (χ1v) is 12.8. The van der Waals surface area contributed by atoms with Crippen LogP contribution >= 0.6 is 12.4 Å². The molecule has 3 aromatic heterocycles. The second-order valence-corrected chi connectivity index (χ2v) is 10.3. The summed E-state index contributed by atoms with van der Waals surface area (Å²) in [4.78, 5) is 14.3. The molecule has 2 aliphatic carbocycles. The molecule has 2 N–H and O–H groups in total. The summed E-state index contributed by atoms with van der Waals surface area (Å²) in [5, 5.41) is 8.21. The van der Waals surface area contributed by atoms with E-state index < -0.39 is 0 Å². The Balaban J connectivity index is 0.00000289. The second kappa shape index (κ2) is 10.6. The van der Waals surface area contributed by atoms with Gasteiger partial charge in [-0.1, -0.05) is 13.8 Å². The fraction of sp³-hybridized carbons (Fsp3) is 0.593. The van der Waals surface area contributed by atoms with Gasteiger partial charge in [-0.3, -0.25) is 0 Å². The maximum absolute atomic E-state index is 6.35. The van der Waals surface area contributed by atoms with Crippen LogP contribution in [0, 0.1) is 31.6 Å². The number of nitrogens with zero attached hydrogens (tertiary/aromatic N) is 3. The summed E-state index contributed by atoms with van der Waals surface area (Å²) in [7, 11) is 0. The molecule has 35 heavy (non-hydrogen) atoms. The molecule has 2 fully saturated rings. The van der Waals surface area contributed by atoms with E-state index in [1.54, 1.807) is 0 Å². The zero-order valence-corrected chi connectivity index (χ0v) is 22.3. The normalized spacial score (nSPS) is 19.7. The lowest BCUT2D eigenvalue weighted by atomic mass is 9.94. The van der Waals surface area contributed by atoms with E-state index in [0.717, 1.165) is 64.3 Å². The standard InChI is InChI=1S/C27H37N5O2.ClH/c1-6-33-23-13-20-12-22(34-25(20)17(5)29-23)24-16(4)30-27(28-14-18-7-8-18)32-26(24)31-21-10-9-19(11-21)15(2)3;/h12-13,15,18-19,21H,6-11,14H2,1-5H3,(H2,28,30,31,32);1H. The minimum Gasteiger partial charge on any atom is -0.478 e. The molecule has 3 aromatic rings. The third-order valence-electron chi connectivity index (χ3n) is 7.28. The summed E-state index contributed by atoms with van der Waals surface area (Å²) < 4.78 is 12.0. The SMILES string of the molecule is CCOc1cc2cc(-c3c(C)nc(NCC4CC4)nc3NC3CCC(C(C)C)C3)oc2c(C)n1.Cl. The fourth-order valence-electron chi connectivity index (χ4n) is 5.08. The van der Waals surface area contributed by atoms with Gasteiger partial charge < -0.3 is 19.8 Å². The molecule has 2 aliphatic rings. The highest BCUT2D eigenvalue weighted by atomic mass is 35.5. The van der Waals surface area contributed by atoms with Crippen LogP contribution in [0.2, 0.25) is 0 Å². The highest BCUT2D eigenvalue weighted by molar-refractivity contribution is 5.88. The highest BCUT2D eigenvalue weighted by Crippen LogP contribution is 2.39. The Labute approximate surface area is 214 Å². The van der Waals surface area contributed by atoms with Crippen molar-refractivity contribution in [2.75, 3.05) is 23.8 Å². The predicted octanol–water partition coefficient (Wildman–Crippen LogP) is 6.78. The first-order valence-electron chi connectivity index (χ1n) is 12.8. The van der Waals surface area contributed by atoms with Gasteiger partial charge in [-0.25, -0.2) is 9.97 Å². The maximum atomic E-state index is 6.35. The Morgan fingerprint density at radius 2 is 1.86 bits per heavy atom. The van der Waals surface area contributed by atoms with Crippen molar-refractivity contribution in [3.05, 3.63) is 23.5 Å². The van der Waals surface area contributed by atoms with E-state index in [9.17, 15) is 0 Å². The van der Waals surface area contributed by atoms with Gasteiger partial charge >= 0.3 is 0 Å². The molecule has 3 heterocycles. The van der Waals surface area contributed by atoms with E-state index in [2.05, 4.69) is 35.5 Å². The summed E-state index contributed by atoms with van der Waals surface area (Å²) in [6.07, 6.45) is 6.19. The molecular formula is C27H38ClN5O2. The van der Waals surface area contributed by atoms with Crippen LogP contribution in [0.25, 0.3) is 22.3 Å². The number of nitrogens with one attached hydrogen (secondary N) is 2. The summed E-state index contributed by atoms with van der Waals surface area (Å²) in [5.41, 5.74) is 3.43. The lowest BCUT2D eigenvalue weighted by Gasteiger charge is -2.19. The zero-order valence-electron chi connectivity index (χ0n) is 21.5. The van der Waals surface area contributed by atoms with E-state index in [0.29, 0.717) is 30.4 Å². The van der Waals surface area contributed by atoms with Gasteiger partial charge in [0.15, 0.2) is 5.58 Å². The number of furan rings is 1. The smallest absolute Gasteiger partial charge is 0.224 e. The first-order chi connectivity index (χ1) is 16.4. The molecule has 0 bridgehead atoms. The van der Waals surface area contributed by atoms with Gasteiger partial charge in [-0.05, 0) is 76.7 Å². The minimum atomic E-state index is 0. The molecule has 8 heteroatoms. The minimum absolute atomic E-state index is 0. The average molecular weight is 500 g/mol. The number of aryl methyl sites for hydroxylation is 2. The molecule has 2 unspecified atom stereocenters. The van der Waals surface area contributed by atoms with Crippen molar-refractivity contribution in [2.45, 2.75) is 72.8 Å². The Hall–Kier alpha value is -2.54. The van der Waals surface area contributed by atoms with E-state index in [4.69, 9.17) is 19.1 Å². The number of halogens is 1. The van der Waals surface area contributed by atoms with Crippen LogP contribution in [0.4, 0.5) is 11.8 Å². The molecule has 0 aliphatic heterocycles. The predicted molar refractivity (Wildman–Crippen MR) is 144 cm³/mol. The lowest BCUT2D eigenvalue weighted by molar-refractivity contribution is 0.326. The van der Waals surface area contributed by atoms with Gasteiger partial charge in [0.25, 0.3) is 0 Å². The number of fused-ring (bicyclic) bond motifs is 1. The molecule has 0 amide bonds. The van der Waals surface area contributed by atoms with Gasteiger partial charge in [0.2, 0.25) is 11.8 Å². The molecule has 0 saturated heterocycles. The van der Waals surface area contributed by atoms with Crippen LogP contribution in [0.5, 0.6) is 5.88 Å². The van der Waals surface area contributed by atoms with Crippen LogP contribution in [0.15, 0.2) is 16.5 Å². The molecule has 0 aromatic carbocycles. The highest BCUT2D eigenvalue weighted by Gasteiger charge is 2.29. The zero-order chi connectivity index (χ0) is 23.8. The van der Waals surface area contributed by atoms with Gasteiger partial charge in [0, 0.05) is 24.0 Å². The topological polar surface area (TPSA) is 85.1 Å². The van der Waals surface area contributed by atoms with E-state index in [1.807, 2.05) is 26.8 Å². The van der Waals surface area contributed by atoms with Crippen LogP contribution in [0.3, 0.4) is 0 Å². The van der Waals surface area contributed by atoms with Crippen molar-refractivity contribution in [1.82, 2.24) is 15.0 Å². The van der Waals surface area contributed by atoms with Gasteiger partial charge in [0.05, 0.1) is 23.6 Å². The number of hydrogen-bond acceptors (Lipinski definition) is 7. The molecule has 0 radical (unpaired) electrons. The van der Waals surface area contributed by atoms with Crippen molar-refractivity contribution in [1.29, 1.82) is 0 Å². The number of hydrogen-bond donors (Lipinski definition) is 2. The van der Waals surface area contributed by atoms with Crippen molar-refractivity contribution < 1.29 is 9.15 Å². The number of pyridine rings is 1. The van der Waals surface area contributed by atoms with E-state index in [-0.39, 0.29) is 12.4 Å². The molecule has 7 nitrogen and oxygen atoms in total. The molecule has 190 valence electrons. The summed E-state index contributed by atoms with van der Waals surface area (Å²) in [6.45, 7) is 12.1. The molecule has 0 spiro atoms. The quantitative estimate of drug-likeness (QED) is 0.335. The lowest BCUT2D eigenvalue weighted by Crippen LogP contribution is -2.19. The second-order valence-electron chi connectivity index (χ2n) is 10.3. The van der Waals surface area contributed by atoms with E-state index in [1.165, 1.54) is 25.7 Å². The molecule has 2 saturated carbocycles. The van der Waals surface area contributed by atoms with Crippen LogP contribution in [0.1, 0.15) is 64.3 Å². The van der Waals surface area contributed by atoms with Crippen molar-refractivity contribution in [3.8, 4) is 17.2 Å². The number of rotatable bonds is 9. The average Bonchev–Trinajstić information content (AvgIpc) is 3.32. The Morgan fingerprint density at radius 1 is 1.06 bits per heavy atom. The van der Waals surface area contributed by atoms with Crippen molar-refractivity contribution >= 4 is 35.1 Å². The Bertz CT molecular complexity index is 1170. The first kappa shape index (κ1) is 25.5. The molecule has 5 rings (SSSR count).